The summed E-state index contributed by atoms with van der Waals surface area (Å²) < 4.78 is 5.34. The molecule has 1 aromatic carbocycles. The molecular weight excluding hydrogens is 283 g/mol. The van der Waals surface area contributed by atoms with Crippen LogP contribution in [0.5, 0.6) is 0 Å². The minimum absolute atomic E-state index is 0.211. The van der Waals surface area contributed by atoms with Gasteiger partial charge in [-0.15, -0.1) is 0 Å². The normalized spacial score (nSPS) is 16.3. The number of ether oxygens (including phenoxy) is 1. The van der Waals surface area contributed by atoms with E-state index in [4.69, 9.17) is 27.9 Å². The van der Waals surface area contributed by atoms with Crippen LogP contribution in [0.3, 0.4) is 0 Å². The summed E-state index contributed by atoms with van der Waals surface area (Å²) in [5.74, 6) is 0.327. The van der Waals surface area contributed by atoms with Gasteiger partial charge in [0.25, 0.3) is 0 Å². The maximum Gasteiger partial charge on any atom is 0.310 e. The van der Waals surface area contributed by atoms with E-state index in [1.54, 1.807) is 18.2 Å². The van der Waals surface area contributed by atoms with Crippen molar-refractivity contribution < 1.29 is 9.53 Å². The molecule has 0 atom stereocenters. The summed E-state index contributed by atoms with van der Waals surface area (Å²) in [6.07, 6.45) is 6.38. The molecule has 0 spiro atoms. The number of carbonyl (C=O) groups is 1. The van der Waals surface area contributed by atoms with Crippen molar-refractivity contribution in [2.75, 3.05) is 6.61 Å². The van der Waals surface area contributed by atoms with Gasteiger partial charge in [0.15, 0.2) is 0 Å². The van der Waals surface area contributed by atoms with Crippen LogP contribution in [-0.2, 0) is 16.0 Å². The van der Waals surface area contributed by atoms with E-state index in [0.717, 1.165) is 5.56 Å². The van der Waals surface area contributed by atoms with Crippen LogP contribution in [-0.4, -0.2) is 12.6 Å². The zero-order valence-electron chi connectivity index (χ0n) is 10.8. The van der Waals surface area contributed by atoms with Crippen molar-refractivity contribution in [1.29, 1.82) is 0 Å². The van der Waals surface area contributed by atoms with Gasteiger partial charge in [-0.3, -0.25) is 4.79 Å². The number of benzene rings is 1. The number of hydrogen-bond donors (Lipinski definition) is 0. The van der Waals surface area contributed by atoms with E-state index in [2.05, 4.69) is 0 Å². The summed E-state index contributed by atoms with van der Waals surface area (Å²) in [6.45, 7) is 0.546. The maximum atomic E-state index is 11.8. The summed E-state index contributed by atoms with van der Waals surface area (Å²) in [4.78, 5) is 11.8. The number of halogens is 2. The maximum absolute atomic E-state index is 11.8. The second-order valence-electron chi connectivity index (χ2n) is 5.10. The first-order valence-electron chi connectivity index (χ1n) is 6.74. The van der Waals surface area contributed by atoms with Crippen LogP contribution in [0.1, 0.15) is 37.7 Å². The fourth-order valence-corrected chi connectivity index (χ4v) is 2.91. The summed E-state index contributed by atoms with van der Waals surface area (Å²) in [6, 6.07) is 5.15. The second kappa shape index (κ2) is 7.16. The van der Waals surface area contributed by atoms with Crippen LogP contribution in [0.4, 0.5) is 0 Å². The molecule has 1 fully saturated rings. The molecule has 1 saturated carbocycles. The van der Waals surface area contributed by atoms with Gasteiger partial charge in [-0.2, -0.15) is 0 Å². The van der Waals surface area contributed by atoms with Gasteiger partial charge in [-0.1, -0.05) is 48.5 Å². The molecule has 2 nitrogen and oxygen atoms in total. The predicted molar refractivity (Wildman–Crippen MR) is 77.7 cm³/mol. The lowest BCUT2D eigenvalue weighted by atomic mass is 9.90. The fraction of sp³-hybridized carbons (Fsp3) is 0.533. The fourth-order valence-electron chi connectivity index (χ4n) is 2.44. The van der Waals surface area contributed by atoms with Gasteiger partial charge < -0.3 is 4.74 Å². The first-order chi connectivity index (χ1) is 9.15. The summed E-state index contributed by atoms with van der Waals surface area (Å²) in [5, 5.41) is 1.09. The van der Waals surface area contributed by atoms with Crippen molar-refractivity contribution in [2.45, 2.75) is 38.5 Å². The molecule has 0 N–H and O–H groups in total. The zero-order valence-corrected chi connectivity index (χ0v) is 12.3. The van der Waals surface area contributed by atoms with Crippen molar-refractivity contribution in [3.63, 3.8) is 0 Å². The van der Waals surface area contributed by atoms with Crippen LogP contribution >= 0.6 is 23.2 Å². The van der Waals surface area contributed by atoms with Gasteiger partial charge in [0, 0.05) is 10.0 Å². The minimum atomic E-state index is -0.213. The Morgan fingerprint density at radius 1 is 1.21 bits per heavy atom. The zero-order chi connectivity index (χ0) is 13.7. The molecule has 4 heteroatoms. The molecule has 1 aliphatic rings. The average molecular weight is 301 g/mol. The Hall–Kier alpha value is -0.730. The van der Waals surface area contributed by atoms with Gasteiger partial charge in [0.1, 0.15) is 0 Å². The Bertz CT molecular complexity index is 440. The standard InChI is InChI=1S/C15H18Cl2O2/c16-13-7-6-12(14(17)9-13)8-15(18)19-10-11-4-2-1-3-5-11/h6-7,9,11H,1-5,8,10H2. The first kappa shape index (κ1) is 14.7. The van der Waals surface area contributed by atoms with E-state index in [1.807, 2.05) is 0 Å². The monoisotopic (exact) mass is 300 g/mol. The number of hydrogen-bond acceptors (Lipinski definition) is 2. The predicted octanol–water partition coefficient (Wildman–Crippen LogP) is 4.66. The molecule has 0 heterocycles. The second-order valence-corrected chi connectivity index (χ2v) is 5.94. The number of esters is 1. The molecular formula is C15H18Cl2O2. The quantitative estimate of drug-likeness (QED) is 0.756. The van der Waals surface area contributed by atoms with Crippen molar-refractivity contribution >= 4 is 29.2 Å². The van der Waals surface area contributed by atoms with Gasteiger partial charge in [-0.05, 0) is 36.5 Å². The molecule has 0 amide bonds. The van der Waals surface area contributed by atoms with Gasteiger partial charge in [0.05, 0.1) is 13.0 Å². The molecule has 0 aliphatic heterocycles. The van der Waals surface area contributed by atoms with E-state index >= 15 is 0 Å². The highest BCUT2D eigenvalue weighted by atomic mass is 35.5. The molecule has 2 rings (SSSR count). The highest BCUT2D eigenvalue weighted by Gasteiger charge is 2.16. The van der Waals surface area contributed by atoms with E-state index in [9.17, 15) is 4.79 Å². The number of rotatable bonds is 4. The molecule has 0 saturated heterocycles. The lowest BCUT2D eigenvalue weighted by Gasteiger charge is -2.21. The topological polar surface area (TPSA) is 26.3 Å². The Kier molecular flexibility index (Phi) is 5.53. The first-order valence-corrected chi connectivity index (χ1v) is 7.50. The van der Waals surface area contributed by atoms with E-state index in [1.165, 1.54) is 32.1 Å². The Morgan fingerprint density at radius 3 is 2.63 bits per heavy atom. The smallest absolute Gasteiger partial charge is 0.310 e. The molecule has 0 aromatic heterocycles. The Balaban J connectivity index is 1.80. The number of carbonyl (C=O) groups excluding carboxylic acids is 1. The molecule has 1 aromatic rings. The van der Waals surface area contributed by atoms with Crippen molar-refractivity contribution in [3.8, 4) is 0 Å². The molecule has 104 valence electrons. The highest BCUT2D eigenvalue weighted by Crippen LogP contribution is 2.24. The highest BCUT2D eigenvalue weighted by molar-refractivity contribution is 6.35. The van der Waals surface area contributed by atoms with Crippen LogP contribution < -0.4 is 0 Å². The average Bonchev–Trinajstić information content (AvgIpc) is 2.41. The van der Waals surface area contributed by atoms with Crippen LogP contribution in [0, 0.1) is 5.92 Å². The minimum Gasteiger partial charge on any atom is -0.465 e. The Morgan fingerprint density at radius 2 is 1.95 bits per heavy atom. The molecule has 0 radical (unpaired) electrons. The molecule has 0 unspecified atom stereocenters. The lowest BCUT2D eigenvalue weighted by molar-refractivity contribution is -0.144. The van der Waals surface area contributed by atoms with E-state index < -0.39 is 0 Å². The van der Waals surface area contributed by atoms with Crippen molar-refractivity contribution in [3.05, 3.63) is 33.8 Å². The summed E-state index contributed by atoms with van der Waals surface area (Å²) in [5.41, 5.74) is 0.764. The van der Waals surface area contributed by atoms with E-state index in [0.29, 0.717) is 22.6 Å². The third kappa shape index (κ3) is 4.70. The summed E-state index contributed by atoms with van der Waals surface area (Å²) >= 11 is 11.8. The van der Waals surface area contributed by atoms with E-state index in [-0.39, 0.29) is 12.4 Å². The van der Waals surface area contributed by atoms with Gasteiger partial charge in [-0.25, -0.2) is 0 Å². The molecule has 19 heavy (non-hydrogen) atoms. The summed E-state index contributed by atoms with van der Waals surface area (Å²) in [7, 11) is 0. The van der Waals surface area contributed by atoms with Crippen molar-refractivity contribution in [2.24, 2.45) is 5.92 Å². The third-order valence-corrected chi connectivity index (χ3v) is 4.14. The SMILES string of the molecule is O=C(Cc1ccc(Cl)cc1Cl)OCC1CCCCC1. The van der Waals surface area contributed by atoms with Crippen LogP contribution in [0.2, 0.25) is 10.0 Å². The lowest BCUT2D eigenvalue weighted by Crippen LogP contribution is -2.17. The van der Waals surface area contributed by atoms with Crippen LogP contribution in [0.15, 0.2) is 18.2 Å². The van der Waals surface area contributed by atoms with Crippen LogP contribution in [0.25, 0.3) is 0 Å². The largest absolute Gasteiger partial charge is 0.465 e. The molecule has 1 aliphatic carbocycles. The Labute approximate surface area is 124 Å². The van der Waals surface area contributed by atoms with Gasteiger partial charge in [0.2, 0.25) is 0 Å². The third-order valence-electron chi connectivity index (χ3n) is 3.55. The molecule has 0 bridgehead atoms. The van der Waals surface area contributed by atoms with Crippen molar-refractivity contribution in [1.82, 2.24) is 0 Å². The van der Waals surface area contributed by atoms with Gasteiger partial charge >= 0.3 is 5.97 Å².